The van der Waals surface area contributed by atoms with E-state index in [1.54, 1.807) is 0 Å². The molecule has 102 valence electrons. The quantitative estimate of drug-likeness (QED) is 0.910. The molecule has 0 fully saturated rings. The van der Waals surface area contributed by atoms with Gasteiger partial charge in [0, 0.05) is 0 Å². The maximum atomic E-state index is 12.7. The standard InChI is InChI=1S/C10H8F3N3O2S/c11-10(12,13)7-3-1-2-4-8(7)16-19(17,18)9-5-14-6-15-9/h1-6,16H,(H,14,15). The summed E-state index contributed by atoms with van der Waals surface area (Å²) < 4.78 is 63.6. The van der Waals surface area contributed by atoms with E-state index >= 15 is 0 Å². The number of alkyl halides is 3. The Bertz CT molecular complexity index is 666. The molecule has 2 rings (SSSR count). The molecule has 1 heterocycles. The van der Waals surface area contributed by atoms with Crippen LogP contribution in [-0.2, 0) is 16.2 Å². The largest absolute Gasteiger partial charge is 0.418 e. The van der Waals surface area contributed by atoms with Gasteiger partial charge in [-0.15, -0.1) is 0 Å². The number of rotatable bonds is 3. The van der Waals surface area contributed by atoms with Gasteiger partial charge in [-0.2, -0.15) is 21.6 Å². The van der Waals surface area contributed by atoms with Crippen molar-refractivity contribution in [3.05, 3.63) is 42.4 Å². The number of nitrogens with one attached hydrogen (secondary N) is 2. The molecule has 19 heavy (non-hydrogen) atoms. The second-order valence-electron chi connectivity index (χ2n) is 3.56. The summed E-state index contributed by atoms with van der Waals surface area (Å²) >= 11 is 0. The van der Waals surface area contributed by atoms with Crippen LogP contribution >= 0.6 is 0 Å². The minimum atomic E-state index is -4.65. The van der Waals surface area contributed by atoms with Crippen molar-refractivity contribution in [2.75, 3.05) is 4.72 Å². The number of para-hydroxylation sites is 1. The van der Waals surface area contributed by atoms with Gasteiger partial charge in [0.2, 0.25) is 0 Å². The zero-order valence-corrected chi connectivity index (χ0v) is 10.1. The number of halogens is 3. The van der Waals surface area contributed by atoms with Crippen LogP contribution in [0.4, 0.5) is 18.9 Å². The van der Waals surface area contributed by atoms with E-state index in [-0.39, 0.29) is 5.03 Å². The summed E-state index contributed by atoms with van der Waals surface area (Å²) in [4.78, 5) is 5.82. The second kappa shape index (κ2) is 4.57. The van der Waals surface area contributed by atoms with Crippen LogP contribution in [0.15, 0.2) is 41.8 Å². The highest BCUT2D eigenvalue weighted by atomic mass is 32.2. The highest BCUT2D eigenvalue weighted by Gasteiger charge is 2.34. The Balaban J connectivity index is 2.40. The average molecular weight is 291 g/mol. The maximum absolute atomic E-state index is 12.7. The zero-order valence-electron chi connectivity index (χ0n) is 9.27. The summed E-state index contributed by atoms with van der Waals surface area (Å²) in [6, 6.07) is 4.32. The van der Waals surface area contributed by atoms with Gasteiger partial charge in [-0.3, -0.25) is 4.72 Å². The molecular weight excluding hydrogens is 283 g/mol. The molecule has 0 aliphatic heterocycles. The van der Waals surface area contributed by atoms with Crippen LogP contribution in [0.5, 0.6) is 0 Å². The fourth-order valence-electron chi connectivity index (χ4n) is 1.41. The number of hydrogen-bond acceptors (Lipinski definition) is 3. The predicted octanol–water partition coefficient (Wildman–Crippen LogP) is 2.23. The van der Waals surface area contributed by atoms with Crippen molar-refractivity contribution < 1.29 is 21.6 Å². The number of anilines is 1. The van der Waals surface area contributed by atoms with Crippen molar-refractivity contribution in [1.29, 1.82) is 0 Å². The maximum Gasteiger partial charge on any atom is 0.418 e. The van der Waals surface area contributed by atoms with Crippen LogP contribution in [0, 0.1) is 0 Å². The van der Waals surface area contributed by atoms with E-state index in [9.17, 15) is 21.6 Å². The number of aromatic amines is 1. The molecule has 5 nitrogen and oxygen atoms in total. The number of aromatic nitrogens is 2. The van der Waals surface area contributed by atoms with E-state index in [1.165, 1.54) is 12.1 Å². The second-order valence-corrected chi connectivity index (χ2v) is 5.22. The Hall–Kier alpha value is -2.03. The minimum Gasteiger partial charge on any atom is -0.334 e. The molecule has 0 amide bonds. The van der Waals surface area contributed by atoms with Gasteiger partial charge >= 0.3 is 6.18 Å². The van der Waals surface area contributed by atoms with E-state index in [2.05, 4.69) is 9.97 Å². The first kappa shape index (κ1) is 13.4. The van der Waals surface area contributed by atoms with Crippen molar-refractivity contribution in [2.45, 2.75) is 11.2 Å². The van der Waals surface area contributed by atoms with Crippen molar-refractivity contribution in [2.24, 2.45) is 0 Å². The molecular formula is C10H8F3N3O2S. The van der Waals surface area contributed by atoms with Crippen molar-refractivity contribution in [3.63, 3.8) is 0 Å². The molecule has 0 saturated heterocycles. The van der Waals surface area contributed by atoms with Crippen molar-refractivity contribution in [3.8, 4) is 0 Å². The number of sulfonamides is 1. The molecule has 2 N–H and O–H groups in total. The summed E-state index contributed by atoms with van der Waals surface area (Å²) in [5.41, 5.74) is -1.59. The Kier molecular flexibility index (Phi) is 3.23. The third-order valence-electron chi connectivity index (χ3n) is 2.24. The first-order valence-electron chi connectivity index (χ1n) is 4.98. The molecule has 0 aliphatic carbocycles. The summed E-state index contributed by atoms with van der Waals surface area (Å²) in [6.45, 7) is 0. The van der Waals surface area contributed by atoms with Gasteiger partial charge in [0.15, 0.2) is 5.03 Å². The van der Waals surface area contributed by atoms with E-state index in [4.69, 9.17) is 0 Å². The number of imidazole rings is 1. The third kappa shape index (κ3) is 2.87. The van der Waals surface area contributed by atoms with Crippen LogP contribution in [0.25, 0.3) is 0 Å². The lowest BCUT2D eigenvalue weighted by molar-refractivity contribution is -0.136. The van der Waals surface area contributed by atoms with Gasteiger partial charge in [0.05, 0.1) is 23.8 Å². The molecule has 1 aromatic carbocycles. The van der Waals surface area contributed by atoms with Crippen LogP contribution < -0.4 is 4.72 Å². The van der Waals surface area contributed by atoms with Crippen LogP contribution in [-0.4, -0.2) is 18.4 Å². The predicted molar refractivity (Wildman–Crippen MR) is 60.8 cm³/mol. The van der Waals surface area contributed by atoms with Gasteiger partial charge in [-0.25, -0.2) is 4.98 Å². The molecule has 9 heteroatoms. The van der Waals surface area contributed by atoms with Gasteiger partial charge in [0.25, 0.3) is 10.0 Å². The van der Waals surface area contributed by atoms with E-state index in [0.29, 0.717) is 0 Å². The highest BCUT2D eigenvalue weighted by molar-refractivity contribution is 7.92. The Labute approximate surface area is 106 Å². The molecule has 0 saturated carbocycles. The molecule has 0 aliphatic rings. The summed E-state index contributed by atoms with van der Waals surface area (Å²) in [7, 11) is -4.12. The normalized spacial score (nSPS) is 12.4. The number of benzene rings is 1. The first-order valence-corrected chi connectivity index (χ1v) is 6.46. The molecule has 0 spiro atoms. The van der Waals surface area contributed by atoms with Gasteiger partial charge in [0.1, 0.15) is 0 Å². The lowest BCUT2D eigenvalue weighted by Gasteiger charge is -2.13. The van der Waals surface area contributed by atoms with E-state index < -0.39 is 27.5 Å². The highest BCUT2D eigenvalue weighted by Crippen LogP contribution is 2.35. The van der Waals surface area contributed by atoms with E-state index in [0.717, 1.165) is 24.7 Å². The fraction of sp³-hybridized carbons (Fsp3) is 0.100. The van der Waals surface area contributed by atoms with Crippen LogP contribution in [0.1, 0.15) is 5.56 Å². The minimum absolute atomic E-state index is 0.315. The molecule has 2 aromatic rings. The van der Waals surface area contributed by atoms with Crippen LogP contribution in [0.3, 0.4) is 0 Å². The number of nitrogens with zero attached hydrogens (tertiary/aromatic N) is 1. The molecule has 0 unspecified atom stereocenters. The summed E-state index contributed by atoms with van der Waals surface area (Å²) in [5, 5.41) is -0.315. The lowest BCUT2D eigenvalue weighted by atomic mass is 10.2. The number of hydrogen-bond donors (Lipinski definition) is 2. The topological polar surface area (TPSA) is 74.8 Å². The Morgan fingerprint density at radius 1 is 1.21 bits per heavy atom. The number of H-pyrrole nitrogens is 1. The summed E-state index contributed by atoms with van der Waals surface area (Å²) in [6.07, 6.45) is -2.53. The first-order chi connectivity index (χ1) is 8.81. The van der Waals surface area contributed by atoms with Crippen molar-refractivity contribution in [1.82, 2.24) is 9.97 Å². The molecule has 1 aromatic heterocycles. The summed E-state index contributed by atoms with van der Waals surface area (Å²) in [5.74, 6) is 0. The monoisotopic (exact) mass is 291 g/mol. The zero-order chi connectivity index (χ0) is 14.1. The Morgan fingerprint density at radius 3 is 2.47 bits per heavy atom. The molecule has 0 atom stereocenters. The van der Waals surface area contributed by atoms with E-state index in [1.807, 2.05) is 4.72 Å². The lowest BCUT2D eigenvalue weighted by Crippen LogP contribution is -2.17. The third-order valence-corrected chi connectivity index (χ3v) is 3.53. The van der Waals surface area contributed by atoms with Crippen LogP contribution in [0.2, 0.25) is 0 Å². The molecule has 0 radical (unpaired) electrons. The molecule has 0 bridgehead atoms. The van der Waals surface area contributed by atoms with Crippen molar-refractivity contribution >= 4 is 15.7 Å². The smallest absolute Gasteiger partial charge is 0.334 e. The van der Waals surface area contributed by atoms with Gasteiger partial charge in [-0.1, -0.05) is 12.1 Å². The Morgan fingerprint density at radius 2 is 1.89 bits per heavy atom. The fourth-order valence-corrected chi connectivity index (χ4v) is 2.39. The van der Waals surface area contributed by atoms with Gasteiger partial charge < -0.3 is 4.98 Å². The van der Waals surface area contributed by atoms with Gasteiger partial charge in [-0.05, 0) is 12.1 Å². The SMILES string of the molecule is O=S(=O)(Nc1ccccc1C(F)(F)F)c1cnc[nH]1. The average Bonchev–Trinajstić information content (AvgIpc) is 2.81.